The van der Waals surface area contributed by atoms with Crippen LogP contribution >= 0.6 is 23.2 Å². The molecule has 4 aliphatic heterocycles. The second-order valence-electron chi connectivity index (χ2n) is 21.4. The molecule has 0 spiro atoms. The van der Waals surface area contributed by atoms with E-state index in [1.165, 1.54) is 44.2 Å². The lowest BCUT2D eigenvalue weighted by atomic mass is 10.1. The van der Waals surface area contributed by atoms with E-state index in [0.29, 0.717) is 93.5 Å². The second kappa shape index (κ2) is 23.5. The molecule has 0 saturated carbocycles. The van der Waals surface area contributed by atoms with E-state index in [9.17, 15) is 19.2 Å². The fourth-order valence-corrected chi connectivity index (χ4v) is 11.8. The molecule has 4 aromatic heterocycles. The number of nitrogens with zero attached hydrogens (tertiary/aromatic N) is 10. The Morgan fingerprint density at radius 2 is 0.946 bits per heavy atom. The van der Waals surface area contributed by atoms with Crippen LogP contribution in [0.25, 0.3) is 34.4 Å². The number of hydrogen-bond donors (Lipinski definition) is 0. The molecule has 16 nitrogen and oxygen atoms in total. The first kappa shape index (κ1) is 53.2. The van der Waals surface area contributed by atoms with Crippen LogP contribution in [0.2, 0.25) is 10.0 Å². The van der Waals surface area contributed by atoms with Crippen molar-refractivity contribution < 1.29 is 19.1 Å². The highest BCUT2D eigenvalue weighted by molar-refractivity contribution is 6.31. The molecule has 4 fully saturated rings. The van der Waals surface area contributed by atoms with Crippen molar-refractivity contribution in [3.05, 3.63) is 127 Å². The van der Waals surface area contributed by atoms with Gasteiger partial charge in [-0.3, -0.25) is 28.5 Å². The van der Waals surface area contributed by atoms with Gasteiger partial charge in [-0.1, -0.05) is 87.3 Å². The van der Waals surface area contributed by atoms with Gasteiger partial charge < -0.3 is 9.47 Å². The molecule has 4 aliphatic rings. The molecule has 74 heavy (non-hydrogen) atoms. The number of carbonyl (C=O) groups is 2. The van der Waals surface area contributed by atoms with Crippen molar-refractivity contribution in [2.24, 2.45) is 11.8 Å². The van der Waals surface area contributed by atoms with E-state index >= 15 is 0 Å². The molecule has 10 rings (SSSR count). The van der Waals surface area contributed by atoms with Crippen LogP contribution in [0.1, 0.15) is 91.2 Å². The Morgan fingerprint density at radius 3 is 1.27 bits per heavy atom. The highest BCUT2D eigenvalue weighted by atomic mass is 35.5. The summed E-state index contributed by atoms with van der Waals surface area (Å²) in [6.45, 7) is 15.6. The summed E-state index contributed by atoms with van der Waals surface area (Å²) in [7, 11) is 0. The first-order chi connectivity index (χ1) is 35.6. The van der Waals surface area contributed by atoms with Crippen molar-refractivity contribution in [2.75, 3.05) is 26.4 Å². The standard InChI is InChI=1S/2C28H34ClN5O3/c2*1-18(2)11-25(35)15-32-27(21-5-4-6-22(29)13-21)31-34(28(32)36)26-10-7-20(14-30-26)12-19(3)33-23-8-9-24(33)17-37-16-23/h2*4-7,10,13-14,18-19,23-24H,8-9,11-12,15-17H2,1-3H3/t2*19-,23?,24?/m10/s1. The lowest BCUT2D eigenvalue weighted by Crippen LogP contribution is -2.50. The number of halogens is 2. The summed E-state index contributed by atoms with van der Waals surface area (Å²) in [5.74, 6) is 2.01. The lowest BCUT2D eigenvalue weighted by Gasteiger charge is -2.39. The Kier molecular flexibility index (Phi) is 16.9. The molecule has 0 N–H and O–H groups in total. The molecule has 4 saturated heterocycles. The molecule has 18 heteroatoms. The van der Waals surface area contributed by atoms with Gasteiger partial charge in [0.15, 0.2) is 34.9 Å². The fraction of sp³-hybridized carbons (Fsp3) is 0.500. The van der Waals surface area contributed by atoms with Crippen molar-refractivity contribution in [1.29, 1.82) is 0 Å². The van der Waals surface area contributed by atoms with Crippen LogP contribution in [-0.4, -0.2) is 123 Å². The Morgan fingerprint density at radius 1 is 0.568 bits per heavy atom. The number of carbonyl (C=O) groups excluding carboxylic acids is 2. The first-order valence-electron chi connectivity index (χ1n) is 26.2. The molecule has 4 unspecified atom stereocenters. The van der Waals surface area contributed by atoms with Crippen LogP contribution in [0.4, 0.5) is 0 Å². The normalized spacial score (nSPS) is 20.5. The number of hydrogen-bond acceptors (Lipinski definition) is 12. The van der Waals surface area contributed by atoms with E-state index in [4.69, 9.17) is 32.7 Å². The van der Waals surface area contributed by atoms with Crippen molar-refractivity contribution in [3.63, 3.8) is 0 Å². The molecular formula is C56H68Cl2N10O6. The molecule has 8 heterocycles. The SMILES string of the molecule is CC(C)CC(=O)Cn1c(-c2cccc(Cl)c2)nn(-c2ccc(C[C@@H](C)N3C4CCC3COC4)cn2)c1=O.CC(C)CC(=O)Cn1c(-c2cccc(Cl)c2)nn(-c2ccc(C[C@H](C)N3C4CCC3COC4)cn2)c1=O. The Labute approximate surface area is 442 Å². The van der Waals surface area contributed by atoms with Crippen molar-refractivity contribution in [3.8, 4) is 34.4 Å². The third kappa shape index (κ3) is 12.2. The smallest absolute Gasteiger partial charge is 0.352 e. The molecule has 0 aliphatic carbocycles. The number of morpholine rings is 2. The predicted molar refractivity (Wildman–Crippen MR) is 286 cm³/mol. The summed E-state index contributed by atoms with van der Waals surface area (Å²) in [5, 5.41) is 10.2. The average molecular weight is 1050 g/mol. The zero-order valence-electron chi connectivity index (χ0n) is 43.3. The van der Waals surface area contributed by atoms with Crippen LogP contribution in [0, 0.1) is 11.8 Å². The maximum absolute atomic E-state index is 13.4. The average Bonchev–Trinajstić information content (AvgIpc) is 4.04. The van der Waals surface area contributed by atoms with Crippen molar-refractivity contribution >= 4 is 34.8 Å². The van der Waals surface area contributed by atoms with Gasteiger partial charge >= 0.3 is 11.4 Å². The summed E-state index contributed by atoms with van der Waals surface area (Å²) in [6.07, 6.45) is 11.0. The summed E-state index contributed by atoms with van der Waals surface area (Å²) in [5.41, 5.74) is 2.77. The highest BCUT2D eigenvalue weighted by Crippen LogP contribution is 2.33. The molecular weight excluding hydrogens is 980 g/mol. The highest BCUT2D eigenvalue weighted by Gasteiger charge is 2.41. The summed E-state index contributed by atoms with van der Waals surface area (Å²) in [4.78, 5) is 66.6. The summed E-state index contributed by atoms with van der Waals surface area (Å²) in [6, 6.07) is 24.7. The molecule has 2 aromatic carbocycles. The fourth-order valence-electron chi connectivity index (χ4n) is 11.4. The van der Waals surface area contributed by atoms with Gasteiger partial charge in [0.25, 0.3) is 0 Å². The third-order valence-electron chi connectivity index (χ3n) is 14.6. The van der Waals surface area contributed by atoms with Crippen LogP contribution in [0.5, 0.6) is 0 Å². The van der Waals surface area contributed by atoms with Crippen molar-refractivity contribution in [1.82, 2.24) is 48.5 Å². The van der Waals surface area contributed by atoms with Crippen LogP contribution in [0.15, 0.2) is 94.8 Å². The minimum Gasteiger partial charge on any atom is -0.378 e. The van der Waals surface area contributed by atoms with Crippen LogP contribution in [0.3, 0.4) is 0 Å². The van der Waals surface area contributed by atoms with E-state index < -0.39 is 11.4 Å². The summed E-state index contributed by atoms with van der Waals surface area (Å²) >= 11 is 12.4. The molecule has 6 aromatic rings. The monoisotopic (exact) mass is 1050 g/mol. The first-order valence-corrected chi connectivity index (χ1v) is 26.9. The molecule has 0 radical (unpaired) electrons. The van der Waals surface area contributed by atoms with Crippen molar-refractivity contribution in [2.45, 2.75) is 142 Å². The van der Waals surface area contributed by atoms with Gasteiger partial charge in [-0.25, -0.2) is 19.6 Å². The second-order valence-corrected chi connectivity index (χ2v) is 22.3. The van der Waals surface area contributed by atoms with E-state index in [2.05, 4.69) is 43.8 Å². The minimum absolute atomic E-state index is 0.0192. The largest absolute Gasteiger partial charge is 0.378 e. The maximum Gasteiger partial charge on any atom is 0.352 e. The number of aromatic nitrogens is 8. The minimum atomic E-state index is -0.398. The Bertz CT molecular complexity index is 2800. The zero-order chi connectivity index (χ0) is 52.2. The lowest BCUT2D eigenvalue weighted by molar-refractivity contribution is -0.121. The van der Waals surface area contributed by atoms with Gasteiger partial charge in [0, 0.05) is 82.7 Å². The Hall–Kier alpha value is -5.62. The summed E-state index contributed by atoms with van der Waals surface area (Å²) < 4.78 is 16.8. The van der Waals surface area contributed by atoms with Gasteiger partial charge in [-0.2, -0.15) is 9.36 Å². The predicted octanol–water partition coefficient (Wildman–Crippen LogP) is 8.32. The van der Waals surface area contributed by atoms with E-state index in [0.717, 1.165) is 50.4 Å². The maximum atomic E-state index is 13.4. The molecule has 0 amide bonds. The van der Waals surface area contributed by atoms with Crippen LogP contribution in [-0.2, 0) is 45.0 Å². The Balaban J connectivity index is 0.000000182. The number of ether oxygens (including phenoxy) is 2. The van der Waals surface area contributed by atoms with Gasteiger partial charge in [0.2, 0.25) is 0 Å². The number of rotatable bonds is 18. The number of pyridine rings is 2. The van der Waals surface area contributed by atoms with Crippen LogP contribution < -0.4 is 11.4 Å². The quantitative estimate of drug-likeness (QED) is 0.0810. The van der Waals surface area contributed by atoms with E-state index in [1.807, 2.05) is 76.5 Å². The topological polar surface area (TPSA) is 164 Å². The molecule has 392 valence electrons. The van der Waals surface area contributed by atoms with Gasteiger partial charge in [-0.15, -0.1) is 10.2 Å². The van der Waals surface area contributed by atoms with Gasteiger partial charge in [-0.05, 0) is 112 Å². The number of fused-ring (bicyclic) bond motifs is 4. The number of benzene rings is 2. The number of Topliss-reactive ketones (excluding diaryl/α,β-unsaturated/α-hetero) is 2. The van der Waals surface area contributed by atoms with E-state index in [-0.39, 0.29) is 36.5 Å². The molecule has 6 atom stereocenters. The zero-order valence-corrected chi connectivity index (χ0v) is 44.8. The van der Waals surface area contributed by atoms with Gasteiger partial charge in [0.1, 0.15) is 0 Å². The van der Waals surface area contributed by atoms with Gasteiger partial charge in [0.05, 0.1) is 39.5 Å². The third-order valence-corrected chi connectivity index (χ3v) is 15.0. The number of ketones is 2. The molecule has 4 bridgehead atoms. The van der Waals surface area contributed by atoms with E-state index in [1.54, 1.807) is 36.4 Å².